The molecule has 0 atom stereocenters. The molecule has 54 valence electrons. The summed E-state index contributed by atoms with van der Waals surface area (Å²) in [5.74, 6) is 0. The first-order valence-corrected chi connectivity index (χ1v) is 3.60. The van der Waals surface area contributed by atoms with Gasteiger partial charge >= 0.3 is 0 Å². The average molecular weight is 142 g/mol. The van der Waals surface area contributed by atoms with Gasteiger partial charge in [-0.2, -0.15) is 6.20 Å². The Balaban J connectivity index is 2.33. The van der Waals surface area contributed by atoms with Crippen LogP contribution in [0.5, 0.6) is 0 Å². The van der Waals surface area contributed by atoms with E-state index >= 15 is 0 Å². The molecule has 11 heavy (non-hydrogen) atoms. The number of nitrogens with zero attached hydrogens (tertiary/aromatic N) is 1. The van der Waals surface area contributed by atoms with Gasteiger partial charge in [0.2, 0.25) is 0 Å². The van der Waals surface area contributed by atoms with Gasteiger partial charge in [0.1, 0.15) is 0 Å². The van der Waals surface area contributed by atoms with Crippen LogP contribution in [0, 0.1) is 0 Å². The van der Waals surface area contributed by atoms with Gasteiger partial charge in [-0.05, 0) is 5.57 Å². The summed E-state index contributed by atoms with van der Waals surface area (Å²) in [6.07, 6.45) is 15.9. The summed E-state index contributed by atoms with van der Waals surface area (Å²) < 4.78 is 0. The van der Waals surface area contributed by atoms with E-state index < -0.39 is 0 Å². The fourth-order valence-electron chi connectivity index (χ4n) is 1.08. The first kappa shape index (κ1) is 6.23. The summed E-state index contributed by atoms with van der Waals surface area (Å²) in [4.78, 5) is 0. The molecule has 0 aromatic carbocycles. The highest BCUT2D eigenvalue weighted by Gasteiger charge is 1.92. The molecule has 2 aliphatic rings. The molecule has 0 amide bonds. The molecule has 1 nitrogen and oxygen atoms in total. The van der Waals surface area contributed by atoms with Crippen LogP contribution in [0.4, 0.5) is 0 Å². The third kappa shape index (κ3) is 1.17. The minimum atomic E-state index is 1.04. The van der Waals surface area contributed by atoms with Crippen LogP contribution in [0.1, 0.15) is 0 Å². The van der Waals surface area contributed by atoms with Gasteiger partial charge in [-0.15, -0.1) is 5.70 Å². The Morgan fingerprint density at radius 1 is 0.818 bits per heavy atom. The van der Waals surface area contributed by atoms with Gasteiger partial charge in [0.15, 0.2) is 0 Å². The summed E-state index contributed by atoms with van der Waals surface area (Å²) >= 11 is 0. The van der Waals surface area contributed by atoms with E-state index in [1.807, 2.05) is 36.6 Å². The molecule has 1 heteroatoms. The van der Waals surface area contributed by atoms with Gasteiger partial charge in [0, 0.05) is 0 Å². The van der Waals surface area contributed by atoms with Gasteiger partial charge in [-0.25, -0.2) is 0 Å². The molecule has 1 aliphatic heterocycles. The van der Waals surface area contributed by atoms with Crippen LogP contribution in [0.25, 0.3) is 5.32 Å². The standard InChI is InChI=1S/C10H8N/c1-2-6-9(5-1)10-7-3-4-8-11-10/h1-8H/q-1. The lowest BCUT2D eigenvalue weighted by molar-refractivity contribution is 1.50. The van der Waals surface area contributed by atoms with Crippen LogP contribution in [-0.4, -0.2) is 0 Å². The van der Waals surface area contributed by atoms with Crippen molar-refractivity contribution in [2.24, 2.45) is 0 Å². The second-order valence-electron chi connectivity index (χ2n) is 2.39. The van der Waals surface area contributed by atoms with Gasteiger partial charge in [0.05, 0.1) is 0 Å². The van der Waals surface area contributed by atoms with Crippen LogP contribution in [0.2, 0.25) is 0 Å². The lowest BCUT2D eigenvalue weighted by atomic mass is 10.2. The Morgan fingerprint density at radius 2 is 1.55 bits per heavy atom. The van der Waals surface area contributed by atoms with Crippen LogP contribution >= 0.6 is 0 Å². The summed E-state index contributed by atoms with van der Waals surface area (Å²) in [5, 5.41) is 4.22. The summed E-state index contributed by atoms with van der Waals surface area (Å²) in [7, 11) is 0. The van der Waals surface area contributed by atoms with E-state index in [0.717, 1.165) is 5.70 Å². The molecule has 0 bridgehead atoms. The molecule has 0 aromatic rings. The minimum absolute atomic E-state index is 1.04. The fourth-order valence-corrected chi connectivity index (χ4v) is 1.08. The normalized spacial score (nSPS) is 19.6. The molecule has 0 saturated heterocycles. The van der Waals surface area contributed by atoms with Gasteiger partial charge < -0.3 is 5.32 Å². The van der Waals surface area contributed by atoms with E-state index in [1.54, 1.807) is 0 Å². The first-order chi connectivity index (χ1) is 5.47. The van der Waals surface area contributed by atoms with Crippen molar-refractivity contribution in [1.29, 1.82) is 0 Å². The Hall–Kier alpha value is -1.50. The Kier molecular flexibility index (Phi) is 1.48. The molecule has 1 heterocycles. The quantitative estimate of drug-likeness (QED) is 0.493. The minimum Gasteiger partial charge on any atom is -0.664 e. The average Bonchev–Trinajstić information content (AvgIpc) is 2.58. The number of hydrogen-bond donors (Lipinski definition) is 0. The van der Waals surface area contributed by atoms with Crippen molar-refractivity contribution in [2.75, 3.05) is 0 Å². The predicted octanol–water partition coefficient (Wildman–Crippen LogP) is 2.82. The van der Waals surface area contributed by atoms with E-state index in [0.29, 0.717) is 0 Å². The molecule has 1 aliphatic carbocycles. The molecule has 2 rings (SSSR count). The van der Waals surface area contributed by atoms with Crippen LogP contribution in [0.15, 0.2) is 60.0 Å². The van der Waals surface area contributed by atoms with Crippen molar-refractivity contribution in [3.8, 4) is 0 Å². The van der Waals surface area contributed by atoms with E-state index in [-0.39, 0.29) is 0 Å². The zero-order chi connectivity index (χ0) is 7.52. The van der Waals surface area contributed by atoms with Crippen molar-refractivity contribution in [2.45, 2.75) is 0 Å². The van der Waals surface area contributed by atoms with Gasteiger partial charge in [0.25, 0.3) is 0 Å². The SMILES string of the molecule is C1=C[N-]C(=C2C=CC=C2)C=C1. The van der Waals surface area contributed by atoms with Crippen molar-refractivity contribution in [3.05, 3.63) is 65.3 Å². The largest absolute Gasteiger partial charge is 0.664 e. The number of hydrogen-bond acceptors (Lipinski definition) is 0. The highest BCUT2D eigenvalue weighted by Crippen LogP contribution is 2.21. The Bertz CT molecular complexity index is 287. The third-order valence-electron chi connectivity index (χ3n) is 1.62. The van der Waals surface area contributed by atoms with E-state index in [2.05, 4.69) is 17.5 Å². The maximum Gasteiger partial charge on any atom is -0.0404 e. The molecule has 0 aromatic heterocycles. The molecule has 0 N–H and O–H groups in total. The molecule has 0 spiro atoms. The third-order valence-corrected chi connectivity index (χ3v) is 1.62. The predicted molar refractivity (Wildman–Crippen MR) is 46.9 cm³/mol. The van der Waals surface area contributed by atoms with E-state index in [9.17, 15) is 0 Å². The van der Waals surface area contributed by atoms with Crippen LogP contribution in [0.3, 0.4) is 0 Å². The van der Waals surface area contributed by atoms with Gasteiger partial charge in [-0.1, -0.05) is 42.5 Å². The molecule has 0 fully saturated rings. The van der Waals surface area contributed by atoms with Crippen LogP contribution in [-0.2, 0) is 0 Å². The van der Waals surface area contributed by atoms with Crippen molar-refractivity contribution in [1.82, 2.24) is 0 Å². The summed E-state index contributed by atoms with van der Waals surface area (Å²) in [6, 6.07) is 0. The molecule has 0 radical (unpaired) electrons. The second kappa shape index (κ2) is 2.62. The Morgan fingerprint density at radius 3 is 2.18 bits per heavy atom. The summed E-state index contributed by atoms with van der Waals surface area (Å²) in [6.45, 7) is 0. The lowest BCUT2D eigenvalue weighted by Crippen LogP contribution is -1.81. The fraction of sp³-hybridized carbons (Fsp3) is 0. The second-order valence-corrected chi connectivity index (χ2v) is 2.39. The maximum absolute atomic E-state index is 4.22. The highest BCUT2D eigenvalue weighted by molar-refractivity contribution is 5.54. The van der Waals surface area contributed by atoms with Gasteiger partial charge in [-0.3, -0.25) is 0 Å². The topological polar surface area (TPSA) is 14.1 Å². The van der Waals surface area contributed by atoms with Crippen molar-refractivity contribution < 1.29 is 0 Å². The van der Waals surface area contributed by atoms with Crippen LogP contribution < -0.4 is 0 Å². The van der Waals surface area contributed by atoms with Crippen molar-refractivity contribution >= 4 is 0 Å². The van der Waals surface area contributed by atoms with Crippen molar-refractivity contribution in [3.63, 3.8) is 0 Å². The molecule has 0 saturated carbocycles. The zero-order valence-corrected chi connectivity index (χ0v) is 6.07. The molecular weight excluding hydrogens is 134 g/mol. The summed E-state index contributed by atoms with van der Waals surface area (Å²) in [5.41, 5.74) is 2.23. The maximum atomic E-state index is 4.22. The Labute approximate surface area is 66.1 Å². The molecule has 0 unspecified atom stereocenters. The highest BCUT2D eigenvalue weighted by atomic mass is 14.8. The van der Waals surface area contributed by atoms with E-state index in [1.165, 1.54) is 5.57 Å². The zero-order valence-electron chi connectivity index (χ0n) is 6.07. The van der Waals surface area contributed by atoms with E-state index in [4.69, 9.17) is 0 Å². The number of rotatable bonds is 0. The monoisotopic (exact) mass is 142 g/mol. The molecular formula is C10H8N-. The first-order valence-electron chi connectivity index (χ1n) is 3.60. The smallest absolute Gasteiger partial charge is 0.0404 e. The lowest BCUT2D eigenvalue weighted by Gasteiger charge is -2.22. The number of allylic oxidation sites excluding steroid dienone is 8.